The van der Waals surface area contributed by atoms with Crippen LogP contribution in [0, 0.1) is 16.7 Å². The summed E-state index contributed by atoms with van der Waals surface area (Å²) in [7, 11) is 0. The normalized spacial score (nSPS) is 44.3. The summed E-state index contributed by atoms with van der Waals surface area (Å²) in [6, 6.07) is 1.94. The summed E-state index contributed by atoms with van der Waals surface area (Å²) in [5.41, 5.74) is -2.25. The average Bonchev–Trinajstić information content (AvgIpc) is 3.27. The van der Waals surface area contributed by atoms with E-state index in [1.807, 2.05) is 13.0 Å². The molecule has 4 fully saturated rings. The molecule has 30 heavy (non-hydrogen) atoms. The first-order valence-electron chi connectivity index (χ1n) is 11.0. The van der Waals surface area contributed by atoms with Crippen LogP contribution in [0.1, 0.15) is 57.9 Å². The third-order valence-corrected chi connectivity index (χ3v) is 8.40. The molecule has 2 aliphatic heterocycles. The fourth-order valence-electron chi connectivity index (χ4n) is 7.08. The molecule has 6 atom stereocenters. The SMILES string of the molecule is CC(=O)O[C@@H]1C[C@@]2(CO2)[C@](O)(CCCc2ccoc2)[C@]23CCC[C@](C)(C(=O)OC2)[C@H]13. The second-order valence-corrected chi connectivity index (χ2v) is 9.96. The van der Waals surface area contributed by atoms with E-state index >= 15 is 0 Å². The summed E-state index contributed by atoms with van der Waals surface area (Å²) < 4.78 is 22.6. The van der Waals surface area contributed by atoms with Crippen molar-refractivity contribution in [1.82, 2.24) is 0 Å². The molecule has 7 nitrogen and oxygen atoms in total. The fraction of sp³-hybridized carbons (Fsp3) is 0.739. The Bertz CT molecular complexity index is 844. The number of furan rings is 1. The number of carbonyl (C=O) groups is 2. The third kappa shape index (κ3) is 2.57. The first-order chi connectivity index (χ1) is 14.3. The van der Waals surface area contributed by atoms with Crippen molar-refractivity contribution < 1.29 is 33.3 Å². The zero-order chi connectivity index (χ0) is 21.2. The first-order valence-corrected chi connectivity index (χ1v) is 11.0. The first kappa shape index (κ1) is 20.1. The van der Waals surface area contributed by atoms with Crippen molar-refractivity contribution in [2.75, 3.05) is 13.2 Å². The van der Waals surface area contributed by atoms with E-state index in [0.29, 0.717) is 25.9 Å². The number of epoxide rings is 1. The highest BCUT2D eigenvalue weighted by atomic mass is 16.6. The van der Waals surface area contributed by atoms with Gasteiger partial charge in [-0.25, -0.2) is 0 Å². The number of carbonyl (C=O) groups excluding carboxylic acids is 2. The molecule has 0 aromatic carbocycles. The lowest BCUT2D eigenvalue weighted by atomic mass is 9.41. The zero-order valence-corrected chi connectivity index (χ0v) is 17.6. The maximum absolute atomic E-state index is 12.9. The Balaban J connectivity index is 1.54. The van der Waals surface area contributed by atoms with Crippen molar-refractivity contribution in [2.45, 2.75) is 76.1 Å². The zero-order valence-electron chi connectivity index (χ0n) is 17.6. The Kier molecular flexibility index (Phi) is 4.39. The van der Waals surface area contributed by atoms with Crippen LogP contribution in [0.4, 0.5) is 0 Å². The van der Waals surface area contributed by atoms with Gasteiger partial charge < -0.3 is 23.7 Å². The van der Waals surface area contributed by atoms with Crippen molar-refractivity contribution in [1.29, 1.82) is 0 Å². The molecule has 1 aromatic heterocycles. The molecule has 7 heteroatoms. The molecular formula is C23H30O7. The number of aryl methyl sites for hydroxylation is 1. The van der Waals surface area contributed by atoms with Crippen molar-refractivity contribution >= 4 is 11.9 Å². The Morgan fingerprint density at radius 1 is 1.33 bits per heavy atom. The van der Waals surface area contributed by atoms with E-state index in [0.717, 1.165) is 31.2 Å². The van der Waals surface area contributed by atoms with Gasteiger partial charge in [-0.2, -0.15) is 0 Å². The van der Waals surface area contributed by atoms with Crippen LogP contribution in [-0.2, 0) is 30.2 Å². The minimum Gasteiger partial charge on any atom is -0.472 e. The molecule has 0 amide bonds. The fourth-order valence-corrected chi connectivity index (χ4v) is 7.08. The molecule has 2 saturated carbocycles. The topological polar surface area (TPSA) is 98.5 Å². The van der Waals surface area contributed by atoms with E-state index in [1.165, 1.54) is 6.92 Å². The van der Waals surface area contributed by atoms with Gasteiger partial charge in [0, 0.05) is 24.7 Å². The van der Waals surface area contributed by atoms with E-state index in [4.69, 9.17) is 18.6 Å². The Morgan fingerprint density at radius 3 is 2.80 bits per heavy atom. The molecule has 1 spiro atoms. The molecule has 3 heterocycles. The summed E-state index contributed by atoms with van der Waals surface area (Å²) in [4.78, 5) is 24.8. The Labute approximate surface area is 176 Å². The molecule has 1 N–H and O–H groups in total. The standard InChI is InChI=1S/C23H30O7/c1-15(24)30-17-11-22(14-29-22)23(26,9-3-5-16-6-10-27-12-16)21-8-4-7-20(2,18(17)21)19(25)28-13-21/h6,10,12,17-18,26H,3-5,7-9,11,13-14H2,1-2H3/t17-,18+,20+,21-,22-,23+/m1/s1. The number of esters is 2. The van der Waals surface area contributed by atoms with Crippen LogP contribution >= 0.6 is 0 Å². The molecule has 2 bridgehead atoms. The molecule has 164 valence electrons. The number of hydrogen-bond acceptors (Lipinski definition) is 7. The Hall–Kier alpha value is -1.86. The van der Waals surface area contributed by atoms with Gasteiger partial charge in [-0.05, 0) is 50.7 Å². The van der Waals surface area contributed by atoms with Crippen molar-refractivity contribution in [3.8, 4) is 0 Å². The summed E-state index contributed by atoms with van der Waals surface area (Å²) in [6.45, 7) is 3.91. The van der Waals surface area contributed by atoms with Gasteiger partial charge in [0.05, 0.1) is 24.5 Å². The van der Waals surface area contributed by atoms with Gasteiger partial charge >= 0.3 is 11.9 Å². The number of cyclic esters (lactones) is 1. The second-order valence-electron chi connectivity index (χ2n) is 9.96. The summed E-state index contributed by atoms with van der Waals surface area (Å²) in [6.07, 6.45) is 7.67. The van der Waals surface area contributed by atoms with E-state index in [-0.39, 0.29) is 24.5 Å². The lowest BCUT2D eigenvalue weighted by Crippen LogP contribution is -2.76. The number of aliphatic hydroxyl groups is 1. The highest BCUT2D eigenvalue weighted by Crippen LogP contribution is 2.70. The predicted molar refractivity (Wildman–Crippen MR) is 104 cm³/mol. The summed E-state index contributed by atoms with van der Waals surface area (Å²) >= 11 is 0. The van der Waals surface area contributed by atoms with Gasteiger partial charge in [0.2, 0.25) is 0 Å². The van der Waals surface area contributed by atoms with Crippen LogP contribution in [0.15, 0.2) is 23.0 Å². The van der Waals surface area contributed by atoms with Gasteiger partial charge in [0.25, 0.3) is 0 Å². The number of ether oxygens (including phenoxy) is 3. The van der Waals surface area contributed by atoms with Crippen LogP contribution < -0.4 is 0 Å². The highest BCUT2D eigenvalue weighted by molar-refractivity contribution is 5.79. The summed E-state index contributed by atoms with van der Waals surface area (Å²) in [5, 5.41) is 12.4. The number of hydrogen-bond donors (Lipinski definition) is 1. The van der Waals surface area contributed by atoms with E-state index in [1.54, 1.807) is 12.5 Å². The smallest absolute Gasteiger partial charge is 0.312 e. The molecule has 0 radical (unpaired) electrons. The molecule has 0 unspecified atom stereocenters. The average molecular weight is 418 g/mol. The number of rotatable bonds is 5. The maximum Gasteiger partial charge on any atom is 0.312 e. The monoisotopic (exact) mass is 418 g/mol. The minimum atomic E-state index is -1.15. The van der Waals surface area contributed by atoms with Crippen molar-refractivity contribution in [3.63, 3.8) is 0 Å². The molecule has 2 aliphatic carbocycles. The molecule has 4 aliphatic rings. The Morgan fingerprint density at radius 2 is 2.13 bits per heavy atom. The van der Waals surface area contributed by atoms with Crippen LogP contribution in [-0.4, -0.2) is 47.6 Å². The molecule has 5 rings (SSSR count). The highest BCUT2D eigenvalue weighted by Gasteiger charge is 2.80. The summed E-state index contributed by atoms with van der Waals surface area (Å²) in [5.74, 6) is -0.886. The third-order valence-electron chi connectivity index (χ3n) is 8.40. The van der Waals surface area contributed by atoms with Crippen LogP contribution in [0.3, 0.4) is 0 Å². The predicted octanol–water partition coefficient (Wildman–Crippen LogP) is 2.79. The van der Waals surface area contributed by atoms with Crippen molar-refractivity contribution in [2.24, 2.45) is 16.7 Å². The molecular weight excluding hydrogens is 388 g/mol. The molecule has 1 aromatic rings. The lowest BCUT2D eigenvalue weighted by Gasteiger charge is -2.66. The van der Waals surface area contributed by atoms with Crippen LogP contribution in [0.5, 0.6) is 0 Å². The van der Waals surface area contributed by atoms with Gasteiger partial charge in [-0.15, -0.1) is 0 Å². The second kappa shape index (κ2) is 6.57. The van der Waals surface area contributed by atoms with Crippen LogP contribution in [0.25, 0.3) is 0 Å². The van der Waals surface area contributed by atoms with Gasteiger partial charge in [-0.1, -0.05) is 6.42 Å². The van der Waals surface area contributed by atoms with Gasteiger partial charge in [0.15, 0.2) is 0 Å². The lowest BCUT2D eigenvalue weighted by molar-refractivity contribution is -0.296. The minimum absolute atomic E-state index is 0.150. The van der Waals surface area contributed by atoms with E-state index < -0.39 is 28.1 Å². The van der Waals surface area contributed by atoms with Crippen LogP contribution in [0.2, 0.25) is 0 Å². The van der Waals surface area contributed by atoms with E-state index in [9.17, 15) is 14.7 Å². The van der Waals surface area contributed by atoms with E-state index in [2.05, 4.69) is 0 Å². The van der Waals surface area contributed by atoms with Crippen molar-refractivity contribution in [3.05, 3.63) is 24.2 Å². The molecule has 2 saturated heterocycles. The quantitative estimate of drug-likeness (QED) is 0.580. The van der Waals surface area contributed by atoms with Gasteiger partial charge in [-0.3, -0.25) is 9.59 Å². The largest absolute Gasteiger partial charge is 0.472 e. The maximum atomic E-state index is 12.9. The van der Waals surface area contributed by atoms with Gasteiger partial charge in [0.1, 0.15) is 23.9 Å².